The summed E-state index contributed by atoms with van der Waals surface area (Å²) in [5.74, 6) is 0. The van der Waals surface area contributed by atoms with Gasteiger partial charge in [0.05, 0.1) is 6.04 Å². The second-order valence-corrected chi connectivity index (χ2v) is 3.66. The molecule has 1 fully saturated rings. The highest BCUT2D eigenvalue weighted by Crippen LogP contribution is 2.28. The van der Waals surface area contributed by atoms with E-state index in [0.717, 1.165) is 19.3 Å². The number of nitrogens with one attached hydrogen (secondary N) is 1. The third kappa shape index (κ3) is 1.37. The van der Waals surface area contributed by atoms with Crippen LogP contribution in [0.2, 0.25) is 0 Å². The minimum absolute atomic E-state index is 0.0706. The molecule has 0 aromatic carbocycles. The van der Waals surface area contributed by atoms with Crippen molar-refractivity contribution in [1.82, 2.24) is 5.32 Å². The first-order valence-electron chi connectivity index (χ1n) is 3.85. The molecule has 0 amide bonds. The molecule has 1 N–H and O–H groups in total. The Labute approximate surface area is 62.0 Å². The maximum atomic E-state index is 10.5. The van der Waals surface area contributed by atoms with Gasteiger partial charge >= 0.3 is 0 Å². The lowest BCUT2D eigenvalue weighted by molar-refractivity contribution is -0.112. The molecule has 0 aromatic rings. The summed E-state index contributed by atoms with van der Waals surface area (Å²) >= 11 is 0. The molecular formula is C8H15NO. The molecule has 0 bridgehead atoms. The van der Waals surface area contributed by atoms with Gasteiger partial charge in [-0.3, -0.25) is 0 Å². The summed E-state index contributed by atoms with van der Waals surface area (Å²) in [4.78, 5) is 10.5. The Balaban J connectivity index is 2.59. The Morgan fingerprint density at radius 2 is 2.30 bits per heavy atom. The Kier molecular flexibility index (Phi) is 2.09. The predicted molar refractivity (Wildman–Crippen MR) is 40.9 cm³/mol. The molecule has 2 nitrogen and oxygen atoms in total. The van der Waals surface area contributed by atoms with E-state index in [0.29, 0.717) is 0 Å². The SMILES string of the molecule is CC1(C)CCCNC1C=O. The van der Waals surface area contributed by atoms with Crippen LogP contribution in [-0.2, 0) is 4.79 Å². The molecule has 1 atom stereocenters. The van der Waals surface area contributed by atoms with Gasteiger partial charge in [-0.05, 0) is 24.8 Å². The molecule has 58 valence electrons. The van der Waals surface area contributed by atoms with Gasteiger partial charge in [0.25, 0.3) is 0 Å². The van der Waals surface area contributed by atoms with E-state index in [1.54, 1.807) is 0 Å². The molecule has 1 rings (SSSR count). The van der Waals surface area contributed by atoms with Gasteiger partial charge in [-0.2, -0.15) is 0 Å². The van der Waals surface area contributed by atoms with E-state index in [4.69, 9.17) is 0 Å². The molecule has 2 heteroatoms. The van der Waals surface area contributed by atoms with E-state index in [2.05, 4.69) is 19.2 Å². The Morgan fingerprint density at radius 1 is 1.60 bits per heavy atom. The fourth-order valence-corrected chi connectivity index (χ4v) is 1.47. The van der Waals surface area contributed by atoms with Crippen LogP contribution in [0.3, 0.4) is 0 Å². The topological polar surface area (TPSA) is 29.1 Å². The van der Waals surface area contributed by atoms with Gasteiger partial charge < -0.3 is 10.1 Å². The van der Waals surface area contributed by atoms with E-state index in [1.165, 1.54) is 6.42 Å². The molecular weight excluding hydrogens is 126 g/mol. The first-order valence-corrected chi connectivity index (χ1v) is 3.85. The first-order chi connectivity index (χ1) is 4.67. The van der Waals surface area contributed by atoms with Crippen molar-refractivity contribution in [3.8, 4) is 0 Å². The average Bonchev–Trinajstić information content (AvgIpc) is 1.87. The lowest BCUT2D eigenvalue weighted by Crippen LogP contribution is -2.47. The lowest BCUT2D eigenvalue weighted by Gasteiger charge is -2.35. The number of carbonyl (C=O) groups excluding carboxylic acids is 1. The second-order valence-electron chi connectivity index (χ2n) is 3.66. The molecule has 0 aliphatic carbocycles. The van der Waals surface area contributed by atoms with Crippen LogP contribution in [0, 0.1) is 5.41 Å². The van der Waals surface area contributed by atoms with Crippen molar-refractivity contribution in [3.63, 3.8) is 0 Å². The fraction of sp³-hybridized carbons (Fsp3) is 0.875. The maximum Gasteiger partial charge on any atom is 0.137 e. The second kappa shape index (κ2) is 2.70. The van der Waals surface area contributed by atoms with Crippen LogP contribution in [0.1, 0.15) is 26.7 Å². The molecule has 0 saturated carbocycles. The summed E-state index contributed by atoms with van der Waals surface area (Å²) in [6.45, 7) is 5.27. The molecule has 1 heterocycles. The lowest BCUT2D eigenvalue weighted by atomic mass is 9.78. The van der Waals surface area contributed by atoms with Crippen LogP contribution in [0.25, 0.3) is 0 Å². The van der Waals surface area contributed by atoms with Gasteiger partial charge in [0, 0.05) is 0 Å². The smallest absolute Gasteiger partial charge is 0.137 e. The van der Waals surface area contributed by atoms with Gasteiger partial charge in [-0.25, -0.2) is 0 Å². The molecule has 0 radical (unpaired) electrons. The summed E-state index contributed by atoms with van der Waals surface area (Å²) in [6.07, 6.45) is 3.37. The van der Waals surface area contributed by atoms with Crippen LogP contribution >= 0.6 is 0 Å². The summed E-state index contributed by atoms with van der Waals surface area (Å²) < 4.78 is 0. The van der Waals surface area contributed by atoms with Crippen LogP contribution < -0.4 is 5.32 Å². The number of hydrogen-bond acceptors (Lipinski definition) is 2. The molecule has 1 unspecified atom stereocenters. The summed E-state index contributed by atoms with van der Waals surface area (Å²) in [5, 5.41) is 3.19. The minimum atomic E-state index is 0.0706. The highest BCUT2D eigenvalue weighted by molar-refractivity contribution is 5.59. The van der Waals surface area contributed by atoms with Gasteiger partial charge in [-0.15, -0.1) is 0 Å². The van der Waals surface area contributed by atoms with Crippen LogP contribution in [0.5, 0.6) is 0 Å². The zero-order chi connectivity index (χ0) is 7.61. The third-order valence-electron chi connectivity index (χ3n) is 2.34. The van der Waals surface area contributed by atoms with E-state index in [9.17, 15) is 4.79 Å². The molecule has 1 aliphatic rings. The van der Waals surface area contributed by atoms with Crippen LogP contribution in [0.4, 0.5) is 0 Å². The quantitative estimate of drug-likeness (QED) is 0.551. The summed E-state index contributed by atoms with van der Waals surface area (Å²) in [6, 6.07) is 0.0706. The molecule has 0 aromatic heterocycles. The van der Waals surface area contributed by atoms with Crippen molar-refractivity contribution in [2.24, 2.45) is 5.41 Å². The van der Waals surface area contributed by atoms with Gasteiger partial charge in [0.2, 0.25) is 0 Å². The number of hydrogen-bond donors (Lipinski definition) is 1. The van der Waals surface area contributed by atoms with Gasteiger partial charge in [0.15, 0.2) is 0 Å². The monoisotopic (exact) mass is 141 g/mol. The van der Waals surface area contributed by atoms with E-state index in [-0.39, 0.29) is 11.5 Å². The van der Waals surface area contributed by atoms with Crippen molar-refractivity contribution in [3.05, 3.63) is 0 Å². The van der Waals surface area contributed by atoms with E-state index >= 15 is 0 Å². The van der Waals surface area contributed by atoms with E-state index < -0.39 is 0 Å². The minimum Gasteiger partial charge on any atom is -0.307 e. The zero-order valence-corrected chi connectivity index (χ0v) is 6.68. The molecule has 0 spiro atoms. The zero-order valence-electron chi connectivity index (χ0n) is 6.68. The van der Waals surface area contributed by atoms with Gasteiger partial charge in [-0.1, -0.05) is 13.8 Å². The number of piperidine rings is 1. The van der Waals surface area contributed by atoms with Gasteiger partial charge in [0.1, 0.15) is 6.29 Å². The summed E-state index contributed by atoms with van der Waals surface area (Å²) in [7, 11) is 0. The largest absolute Gasteiger partial charge is 0.307 e. The standard InChI is InChI=1S/C8H15NO/c1-8(2)4-3-5-9-7(8)6-10/h6-7,9H,3-5H2,1-2H3. The normalized spacial score (nSPS) is 31.6. The number of carbonyl (C=O) groups is 1. The first kappa shape index (κ1) is 7.73. The Hall–Kier alpha value is -0.370. The van der Waals surface area contributed by atoms with Crippen molar-refractivity contribution in [2.45, 2.75) is 32.7 Å². The Morgan fingerprint density at radius 3 is 2.70 bits per heavy atom. The fourth-order valence-electron chi connectivity index (χ4n) is 1.47. The molecule has 10 heavy (non-hydrogen) atoms. The van der Waals surface area contributed by atoms with Crippen LogP contribution in [-0.4, -0.2) is 18.9 Å². The number of aldehydes is 1. The van der Waals surface area contributed by atoms with Crippen molar-refractivity contribution >= 4 is 6.29 Å². The van der Waals surface area contributed by atoms with Crippen LogP contribution in [0.15, 0.2) is 0 Å². The average molecular weight is 141 g/mol. The molecule has 1 aliphatic heterocycles. The highest BCUT2D eigenvalue weighted by atomic mass is 16.1. The van der Waals surface area contributed by atoms with Crippen molar-refractivity contribution in [1.29, 1.82) is 0 Å². The Bertz CT molecular complexity index is 131. The maximum absolute atomic E-state index is 10.5. The van der Waals surface area contributed by atoms with E-state index in [1.807, 2.05) is 0 Å². The van der Waals surface area contributed by atoms with Crippen molar-refractivity contribution < 1.29 is 4.79 Å². The molecule has 1 saturated heterocycles. The number of rotatable bonds is 1. The third-order valence-corrected chi connectivity index (χ3v) is 2.34. The highest BCUT2D eigenvalue weighted by Gasteiger charge is 2.31. The van der Waals surface area contributed by atoms with Crippen molar-refractivity contribution in [2.75, 3.05) is 6.54 Å². The predicted octanol–water partition coefficient (Wildman–Crippen LogP) is 0.963. The summed E-state index contributed by atoms with van der Waals surface area (Å²) in [5.41, 5.74) is 0.167.